The van der Waals surface area contributed by atoms with Crippen molar-refractivity contribution in [3.05, 3.63) is 24.3 Å². The first-order chi connectivity index (χ1) is 12.5. The van der Waals surface area contributed by atoms with Gasteiger partial charge in [-0.15, -0.1) is 0 Å². The van der Waals surface area contributed by atoms with Gasteiger partial charge in [-0.3, -0.25) is 4.31 Å². The zero-order valence-corrected chi connectivity index (χ0v) is 16.7. The summed E-state index contributed by atoms with van der Waals surface area (Å²) < 4.78 is 32.1. The standard InChI is InChI=1S/C19H32N2O4S/c1-3-14-26(23,24)21(18-7-9-19(25-2)10-8-18)13-5-12-20-11-4-6-17(15-20)16-22/h7-10,17,22H,3-6,11-16H2,1-2H3. The Morgan fingerprint density at radius 3 is 2.65 bits per heavy atom. The summed E-state index contributed by atoms with van der Waals surface area (Å²) in [5.41, 5.74) is 0.686. The molecule has 1 fully saturated rings. The molecule has 1 aromatic rings. The van der Waals surface area contributed by atoms with Gasteiger partial charge in [-0.1, -0.05) is 6.92 Å². The molecule has 0 bridgehead atoms. The van der Waals surface area contributed by atoms with Crippen molar-refractivity contribution in [1.82, 2.24) is 4.90 Å². The van der Waals surface area contributed by atoms with Crippen molar-refractivity contribution in [3.8, 4) is 5.75 Å². The second-order valence-corrected chi connectivity index (χ2v) is 8.94. The first kappa shape index (κ1) is 21.0. The summed E-state index contributed by atoms with van der Waals surface area (Å²) in [5, 5.41) is 9.36. The van der Waals surface area contributed by atoms with Crippen molar-refractivity contribution >= 4 is 15.7 Å². The van der Waals surface area contributed by atoms with Crippen molar-refractivity contribution in [3.63, 3.8) is 0 Å². The van der Waals surface area contributed by atoms with E-state index >= 15 is 0 Å². The Hall–Kier alpha value is -1.31. The second kappa shape index (κ2) is 10.1. The third-order valence-electron chi connectivity index (χ3n) is 4.86. The van der Waals surface area contributed by atoms with E-state index in [0.29, 0.717) is 30.3 Å². The van der Waals surface area contributed by atoms with Crippen LogP contribution in [-0.2, 0) is 10.0 Å². The molecule has 1 atom stereocenters. The highest BCUT2D eigenvalue weighted by Gasteiger charge is 2.23. The van der Waals surface area contributed by atoms with Gasteiger partial charge in [-0.05, 0) is 69.0 Å². The van der Waals surface area contributed by atoms with E-state index in [1.807, 2.05) is 6.92 Å². The molecule has 1 heterocycles. The van der Waals surface area contributed by atoms with Crippen LogP contribution in [0.15, 0.2) is 24.3 Å². The van der Waals surface area contributed by atoms with Crippen LogP contribution in [0, 0.1) is 5.92 Å². The van der Waals surface area contributed by atoms with Crippen LogP contribution in [-0.4, -0.2) is 64.1 Å². The maximum absolute atomic E-state index is 12.7. The minimum atomic E-state index is -3.33. The number of piperidine rings is 1. The van der Waals surface area contributed by atoms with E-state index < -0.39 is 10.0 Å². The number of methoxy groups -OCH3 is 1. The van der Waals surface area contributed by atoms with E-state index in [-0.39, 0.29) is 12.4 Å². The van der Waals surface area contributed by atoms with Crippen molar-refractivity contribution in [2.75, 3.05) is 50.0 Å². The number of likely N-dealkylation sites (tertiary alicyclic amines) is 1. The van der Waals surface area contributed by atoms with E-state index in [4.69, 9.17) is 4.74 Å². The quantitative estimate of drug-likeness (QED) is 0.670. The fourth-order valence-electron chi connectivity index (χ4n) is 3.49. The van der Waals surface area contributed by atoms with E-state index in [2.05, 4.69) is 4.90 Å². The molecule has 2 rings (SSSR count). The zero-order valence-electron chi connectivity index (χ0n) is 15.9. The van der Waals surface area contributed by atoms with Crippen LogP contribution in [0.5, 0.6) is 5.75 Å². The number of rotatable bonds is 10. The van der Waals surface area contributed by atoms with Crippen LogP contribution in [0.3, 0.4) is 0 Å². The fraction of sp³-hybridized carbons (Fsp3) is 0.684. The number of hydrogen-bond acceptors (Lipinski definition) is 5. The van der Waals surface area contributed by atoms with Gasteiger partial charge in [0.25, 0.3) is 0 Å². The molecule has 0 aliphatic carbocycles. The highest BCUT2D eigenvalue weighted by Crippen LogP contribution is 2.23. The molecule has 0 saturated carbocycles. The first-order valence-corrected chi connectivity index (χ1v) is 11.1. The molecule has 1 unspecified atom stereocenters. The van der Waals surface area contributed by atoms with Crippen LogP contribution in [0.25, 0.3) is 0 Å². The number of aliphatic hydroxyl groups excluding tert-OH is 1. The monoisotopic (exact) mass is 384 g/mol. The lowest BCUT2D eigenvalue weighted by Crippen LogP contribution is -2.39. The van der Waals surface area contributed by atoms with Gasteiger partial charge in [0, 0.05) is 19.7 Å². The van der Waals surface area contributed by atoms with Crippen LogP contribution < -0.4 is 9.04 Å². The molecule has 1 aliphatic heterocycles. The normalized spacial score (nSPS) is 18.7. The SMILES string of the molecule is CCCS(=O)(=O)N(CCCN1CCCC(CO)C1)c1ccc(OC)cc1. The van der Waals surface area contributed by atoms with Crippen LogP contribution >= 0.6 is 0 Å². The maximum Gasteiger partial charge on any atom is 0.235 e. The Morgan fingerprint density at radius 2 is 2.04 bits per heavy atom. The van der Waals surface area contributed by atoms with Gasteiger partial charge in [0.1, 0.15) is 5.75 Å². The van der Waals surface area contributed by atoms with E-state index in [0.717, 1.165) is 38.9 Å². The Morgan fingerprint density at radius 1 is 1.31 bits per heavy atom. The molecule has 0 radical (unpaired) electrons. The topological polar surface area (TPSA) is 70.1 Å². The molecule has 1 aliphatic rings. The maximum atomic E-state index is 12.7. The highest BCUT2D eigenvalue weighted by atomic mass is 32.2. The molecule has 1 saturated heterocycles. The highest BCUT2D eigenvalue weighted by molar-refractivity contribution is 7.92. The van der Waals surface area contributed by atoms with E-state index in [1.165, 1.54) is 4.31 Å². The number of ether oxygens (including phenoxy) is 1. The number of hydrogen-bond donors (Lipinski definition) is 1. The number of anilines is 1. The predicted molar refractivity (Wildman–Crippen MR) is 105 cm³/mol. The van der Waals surface area contributed by atoms with Crippen LogP contribution in [0.1, 0.15) is 32.6 Å². The van der Waals surface area contributed by atoms with Gasteiger partial charge in [-0.25, -0.2) is 8.42 Å². The van der Waals surface area contributed by atoms with Crippen molar-refractivity contribution in [2.45, 2.75) is 32.6 Å². The third kappa shape index (κ3) is 5.86. The van der Waals surface area contributed by atoms with Gasteiger partial charge in [0.2, 0.25) is 10.0 Å². The summed E-state index contributed by atoms with van der Waals surface area (Å²) in [6.45, 7) is 5.37. The van der Waals surface area contributed by atoms with Gasteiger partial charge in [-0.2, -0.15) is 0 Å². The van der Waals surface area contributed by atoms with Gasteiger partial charge in [0.05, 0.1) is 18.6 Å². The molecule has 0 spiro atoms. The van der Waals surface area contributed by atoms with E-state index in [1.54, 1.807) is 31.4 Å². The molecule has 0 aromatic heterocycles. The van der Waals surface area contributed by atoms with Gasteiger partial charge < -0.3 is 14.7 Å². The smallest absolute Gasteiger partial charge is 0.235 e. The average molecular weight is 385 g/mol. The summed E-state index contributed by atoms with van der Waals surface area (Å²) in [5.74, 6) is 1.21. The molecule has 148 valence electrons. The summed E-state index contributed by atoms with van der Waals surface area (Å²) in [4.78, 5) is 2.34. The predicted octanol–water partition coefficient (Wildman–Crippen LogP) is 2.34. The largest absolute Gasteiger partial charge is 0.497 e. The lowest BCUT2D eigenvalue weighted by Gasteiger charge is -2.32. The molecule has 26 heavy (non-hydrogen) atoms. The lowest BCUT2D eigenvalue weighted by molar-refractivity contribution is 0.120. The van der Waals surface area contributed by atoms with Gasteiger partial charge >= 0.3 is 0 Å². The zero-order chi connectivity index (χ0) is 19.0. The minimum Gasteiger partial charge on any atom is -0.497 e. The lowest BCUT2D eigenvalue weighted by atomic mass is 9.99. The van der Waals surface area contributed by atoms with Gasteiger partial charge in [0.15, 0.2) is 0 Å². The number of nitrogens with zero attached hydrogens (tertiary/aromatic N) is 2. The third-order valence-corrected chi connectivity index (χ3v) is 6.84. The molecule has 6 nitrogen and oxygen atoms in total. The Balaban J connectivity index is 2.02. The summed E-state index contributed by atoms with van der Waals surface area (Å²) in [6, 6.07) is 7.18. The number of benzene rings is 1. The first-order valence-electron chi connectivity index (χ1n) is 9.47. The van der Waals surface area contributed by atoms with Crippen molar-refractivity contribution in [2.24, 2.45) is 5.92 Å². The fourth-order valence-corrected chi connectivity index (χ4v) is 5.07. The Labute approximate surface area is 157 Å². The molecule has 0 amide bonds. The Kier molecular flexibility index (Phi) is 8.18. The molecule has 1 N–H and O–H groups in total. The minimum absolute atomic E-state index is 0.148. The second-order valence-electron chi connectivity index (χ2n) is 6.93. The van der Waals surface area contributed by atoms with Crippen molar-refractivity contribution in [1.29, 1.82) is 0 Å². The van der Waals surface area contributed by atoms with Crippen molar-refractivity contribution < 1.29 is 18.3 Å². The summed E-state index contributed by atoms with van der Waals surface area (Å²) in [6.07, 6.45) is 3.55. The van der Waals surface area contributed by atoms with Crippen LogP contribution in [0.4, 0.5) is 5.69 Å². The Bertz CT molecular complexity index is 633. The molecule has 7 heteroatoms. The average Bonchev–Trinajstić information content (AvgIpc) is 2.65. The number of sulfonamides is 1. The van der Waals surface area contributed by atoms with E-state index in [9.17, 15) is 13.5 Å². The summed E-state index contributed by atoms with van der Waals surface area (Å²) >= 11 is 0. The molecule has 1 aromatic carbocycles. The molecular formula is C19H32N2O4S. The summed E-state index contributed by atoms with van der Waals surface area (Å²) in [7, 11) is -1.73. The molecular weight excluding hydrogens is 352 g/mol. The van der Waals surface area contributed by atoms with Crippen LogP contribution in [0.2, 0.25) is 0 Å². The number of aliphatic hydroxyl groups is 1.